The van der Waals surface area contributed by atoms with Gasteiger partial charge < -0.3 is 5.32 Å². The highest BCUT2D eigenvalue weighted by atomic mass is 15.0. The fourth-order valence-corrected chi connectivity index (χ4v) is 2.46. The Bertz CT molecular complexity index is 541. The van der Waals surface area contributed by atoms with E-state index in [-0.39, 0.29) is 6.04 Å². The van der Waals surface area contributed by atoms with Crippen molar-refractivity contribution in [2.75, 3.05) is 6.54 Å². The third-order valence-corrected chi connectivity index (χ3v) is 3.62. The highest BCUT2D eigenvalue weighted by molar-refractivity contribution is 5.34. The Morgan fingerprint density at radius 3 is 2.20 bits per heavy atom. The predicted octanol–water partition coefficient (Wildman–Crippen LogP) is 3.30. The molecule has 1 heterocycles. The average Bonchev–Trinajstić information content (AvgIpc) is 2.43. The summed E-state index contributed by atoms with van der Waals surface area (Å²) in [5, 5.41) is 3.50. The number of aromatic nitrogens is 2. The van der Waals surface area contributed by atoms with Crippen LogP contribution in [-0.4, -0.2) is 16.5 Å². The van der Waals surface area contributed by atoms with Crippen molar-refractivity contribution >= 4 is 0 Å². The molecule has 0 amide bonds. The minimum atomic E-state index is 0.167. The number of nitrogens with one attached hydrogen (secondary N) is 1. The van der Waals surface area contributed by atoms with Gasteiger partial charge in [0.05, 0.1) is 6.04 Å². The summed E-state index contributed by atoms with van der Waals surface area (Å²) in [5.74, 6) is 0.875. The van der Waals surface area contributed by atoms with Gasteiger partial charge in [-0.05, 0) is 56.0 Å². The first-order valence-corrected chi connectivity index (χ1v) is 7.18. The maximum atomic E-state index is 4.48. The van der Waals surface area contributed by atoms with E-state index < -0.39 is 0 Å². The summed E-state index contributed by atoms with van der Waals surface area (Å²) in [6, 6.07) is 6.61. The van der Waals surface area contributed by atoms with E-state index in [0.29, 0.717) is 0 Å². The topological polar surface area (TPSA) is 37.8 Å². The number of likely N-dealkylation sites (N-methyl/N-ethyl adjacent to an activating group) is 1. The van der Waals surface area contributed by atoms with Crippen molar-refractivity contribution in [1.82, 2.24) is 15.3 Å². The van der Waals surface area contributed by atoms with Gasteiger partial charge in [-0.2, -0.15) is 0 Å². The Hall–Kier alpha value is -1.74. The fraction of sp³-hybridized carbons (Fsp3) is 0.412. The van der Waals surface area contributed by atoms with Crippen molar-refractivity contribution in [3.8, 4) is 0 Å². The molecule has 0 aliphatic rings. The molecule has 1 N–H and O–H groups in total. The smallest absolute Gasteiger partial charge is 0.145 e. The highest BCUT2D eigenvalue weighted by Gasteiger charge is 2.16. The molecule has 0 spiro atoms. The third kappa shape index (κ3) is 3.42. The second-order valence-corrected chi connectivity index (χ2v) is 5.30. The van der Waals surface area contributed by atoms with E-state index in [1.165, 1.54) is 16.7 Å². The van der Waals surface area contributed by atoms with Crippen LogP contribution >= 0.6 is 0 Å². The first-order valence-electron chi connectivity index (χ1n) is 7.18. The first kappa shape index (κ1) is 14.7. The molecule has 2 aromatic rings. The SMILES string of the molecule is CCNC(Cc1c(C)cccc1C)c1ncc(C)cn1. The zero-order chi connectivity index (χ0) is 14.5. The van der Waals surface area contributed by atoms with Gasteiger partial charge in [-0.1, -0.05) is 25.1 Å². The van der Waals surface area contributed by atoms with Crippen molar-refractivity contribution in [2.45, 2.75) is 40.2 Å². The molecule has 0 radical (unpaired) electrons. The first-order chi connectivity index (χ1) is 9.61. The number of aryl methyl sites for hydroxylation is 3. The quantitative estimate of drug-likeness (QED) is 0.905. The lowest BCUT2D eigenvalue weighted by atomic mass is 9.96. The van der Waals surface area contributed by atoms with Gasteiger partial charge in [-0.15, -0.1) is 0 Å². The van der Waals surface area contributed by atoms with Gasteiger partial charge in [0, 0.05) is 12.4 Å². The van der Waals surface area contributed by atoms with E-state index in [1.807, 2.05) is 19.3 Å². The number of hydrogen-bond acceptors (Lipinski definition) is 3. The van der Waals surface area contributed by atoms with E-state index in [2.05, 4.69) is 54.3 Å². The van der Waals surface area contributed by atoms with Crippen LogP contribution in [0.2, 0.25) is 0 Å². The lowest BCUT2D eigenvalue weighted by Crippen LogP contribution is -2.25. The fourth-order valence-electron chi connectivity index (χ4n) is 2.46. The zero-order valence-electron chi connectivity index (χ0n) is 12.8. The summed E-state index contributed by atoms with van der Waals surface area (Å²) in [5.41, 5.74) is 5.15. The van der Waals surface area contributed by atoms with Gasteiger partial charge in [-0.25, -0.2) is 9.97 Å². The number of nitrogens with zero attached hydrogens (tertiary/aromatic N) is 2. The number of benzene rings is 1. The largest absolute Gasteiger partial charge is 0.307 e. The average molecular weight is 269 g/mol. The minimum Gasteiger partial charge on any atom is -0.307 e. The van der Waals surface area contributed by atoms with E-state index >= 15 is 0 Å². The molecule has 0 saturated carbocycles. The Balaban J connectivity index is 2.28. The maximum Gasteiger partial charge on any atom is 0.145 e. The summed E-state index contributed by atoms with van der Waals surface area (Å²) < 4.78 is 0. The summed E-state index contributed by atoms with van der Waals surface area (Å²) in [4.78, 5) is 8.96. The molecule has 1 unspecified atom stereocenters. The third-order valence-electron chi connectivity index (χ3n) is 3.62. The highest BCUT2D eigenvalue weighted by Crippen LogP contribution is 2.21. The molecule has 106 valence electrons. The van der Waals surface area contributed by atoms with Crippen LogP contribution in [0.25, 0.3) is 0 Å². The van der Waals surface area contributed by atoms with Crippen molar-refractivity contribution < 1.29 is 0 Å². The van der Waals surface area contributed by atoms with Crippen LogP contribution in [0.5, 0.6) is 0 Å². The summed E-state index contributed by atoms with van der Waals surface area (Å²) in [6.07, 6.45) is 4.70. The van der Waals surface area contributed by atoms with Crippen LogP contribution in [0.1, 0.15) is 41.0 Å². The van der Waals surface area contributed by atoms with E-state index in [4.69, 9.17) is 0 Å². The summed E-state index contributed by atoms with van der Waals surface area (Å²) in [7, 11) is 0. The van der Waals surface area contributed by atoms with E-state index in [1.54, 1.807) is 0 Å². The molecule has 20 heavy (non-hydrogen) atoms. The van der Waals surface area contributed by atoms with Gasteiger partial charge in [-0.3, -0.25) is 0 Å². The standard InChI is InChI=1S/C17H23N3/c1-5-18-16(17-19-10-12(2)11-20-17)9-15-13(3)7-6-8-14(15)4/h6-8,10-11,16,18H,5,9H2,1-4H3. The Morgan fingerprint density at radius 2 is 1.65 bits per heavy atom. The van der Waals surface area contributed by atoms with Crippen LogP contribution < -0.4 is 5.32 Å². The maximum absolute atomic E-state index is 4.48. The van der Waals surface area contributed by atoms with Crippen LogP contribution in [0.15, 0.2) is 30.6 Å². The molecular weight excluding hydrogens is 246 g/mol. The second-order valence-electron chi connectivity index (χ2n) is 5.30. The van der Waals surface area contributed by atoms with Crippen LogP contribution in [0, 0.1) is 20.8 Å². The summed E-state index contributed by atoms with van der Waals surface area (Å²) >= 11 is 0. The van der Waals surface area contributed by atoms with Gasteiger partial charge in [0.2, 0.25) is 0 Å². The number of hydrogen-bond donors (Lipinski definition) is 1. The van der Waals surface area contributed by atoms with Crippen molar-refractivity contribution in [3.63, 3.8) is 0 Å². The molecule has 1 aromatic carbocycles. The molecule has 0 fully saturated rings. The molecule has 0 saturated heterocycles. The molecule has 1 aromatic heterocycles. The van der Waals surface area contributed by atoms with E-state index in [0.717, 1.165) is 24.4 Å². The molecule has 3 nitrogen and oxygen atoms in total. The van der Waals surface area contributed by atoms with Crippen LogP contribution in [0.4, 0.5) is 0 Å². The van der Waals surface area contributed by atoms with Gasteiger partial charge in [0.1, 0.15) is 5.82 Å². The molecule has 2 rings (SSSR count). The molecule has 0 bridgehead atoms. The lowest BCUT2D eigenvalue weighted by molar-refractivity contribution is 0.519. The molecule has 0 aliphatic heterocycles. The Kier molecular flexibility index (Phi) is 4.85. The lowest BCUT2D eigenvalue weighted by Gasteiger charge is -2.19. The van der Waals surface area contributed by atoms with Gasteiger partial charge in [0.15, 0.2) is 0 Å². The second kappa shape index (κ2) is 6.62. The molecule has 0 aliphatic carbocycles. The Morgan fingerprint density at radius 1 is 1.05 bits per heavy atom. The van der Waals surface area contributed by atoms with Gasteiger partial charge >= 0.3 is 0 Å². The van der Waals surface area contributed by atoms with Gasteiger partial charge in [0.25, 0.3) is 0 Å². The Labute approximate surface area is 121 Å². The van der Waals surface area contributed by atoms with Crippen LogP contribution in [0.3, 0.4) is 0 Å². The van der Waals surface area contributed by atoms with Crippen LogP contribution in [-0.2, 0) is 6.42 Å². The monoisotopic (exact) mass is 269 g/mol. The molecule has 3 heteroatoms. The summed E-state index contributed by atoms with van der Waals surface area (Å²) in [6.45, 7) is 9.37. The van der Waals surface area contributed by atoms with E-state index in [9.17, 15) is 0 Å². The normalized spacial score (nSPS) is 12.4. The molecule has 1 atom stereocenters. The minimum absolute atomic E-state index is 0.167. The van der Waals surface area contributed by atoms with Crippen molar-refractivity contribution in [1.29, 1.82) is 0 Å². The molecular formula is C17H23N3. The van der Waals surface area contributed by atoms with Crippen molar-refractivity contribution in [2.24, 2.45) is 0 Å². The van der Waals surface area contributed by atoms with Crippen molar-refractivity contribution in [3.05, 3.63) is 58.7 Å². The number of rotatable bonds is 5. The predicted molar refractivity (Wildman–Crippen MR) is 82.8 cm³/mol. The zero-order valence-corrected chi connectivity index (χ0v) is 12.8.